The number of nitrogens with one attached hydrogen (secondary N) is 1. The van der Waals surface area contributed by atoms with Crippen LogP contribution >= 0.6 is 0 Å². The van der Waals surface area contributed by atoms with Crippen molar-refractivity contribution in [2.45, 2.75) is 44.7 Å². The van der Waals surface area contributed by atoms with Gasteiger partial charge in [0, 0.05) is 31.4 Å². The number of aromatic nitrogens is 1. The Labute approximate surface area is 180 Å². The second-order valence-corrected chi connectivity index (χ2v) is 8.77. The summed E-state index contributed by atoms with van der Waals surface area (Å²) in [6, 6.07) is 2.34. The lowest BCUT2D eigenvalue weighted by molar-refractivity contribution is 0.0695. The fourth-order valence-electron chi connectivity index (χ4n) is 5.23. The van der Waals surface area contributed by atoms with Gasteiger partial charge in [-0.15, -0.1) is 0 Å². The Kier molecular flexibility index (Phi) is 5.04. The van der Waals surface area contributed by atoms with E-state index in [9.17, 15) is 14.7 Å². The van der Waals surface area contributed by atoms with Crippen molar-refractivity contribution in [3.8, 4) is 11.5 Å². The van der Waals surface area contributed by atoms with Crippen LogP contribution in [0.2, 0.25) is 0 Å². The van der Waals surface area contributed by atoms with Gasteiger partial charge in [0.05, 0.1) is 24.6 Å². The average molecular weight is 428 g/mol. The first-order valence-electron chi connectivity index (χ1n) is 11.2. The van der Waals surface area contributed by atoms with E-state index in [0.717, 1.165) is 38.2 Å². The number of methoxy groups -OCH3 is 1. The molecule has 0 radical (unpaired) electrons. The topological polar surface area (TPSA) is 93.0 Å². The molecule has 0 amide bonds. The SMILES string of the molecule is CCOc1cc2c(=O)c(C(=O)O)cn(C3CC3)c2c(OC)c1N1C[C@@H]2CCCN[C@@H]2C1. The fraction of sp³-hybridized carbons (Fsp3) is 0.565. The highest BCUT2D eigenvalue weighted by Crippen LogP contribution is 2.48. The number of nitrogens with zero attached hydrogens (tertiary/aromatic N) is 2. The standard InChI is InChI=1S/C23H29N3O5/c1-3-31-18-9-15-19(26(14-6-7-14)11-16(21(15)27)23(28)29)22(30-2)20(18)25-10-13-5-4-8-24-17(13)12-25/h9,11,13-14,17,24H,3-8,10,12H2,1-2H3,(H,28,29)/t13-,17+/m0/s1. The summed E-state index contributed by atoms with van der Waals surface area (Å²) in [5.41, 5.74) is 0.821. The smallest absolute Gasteiger partial charge is 0.341 e. The molecule has 2 aromatic rings. The van der Waals surface area contributed by atoms with Crippen LogP contribution in [0, 0.1) is 5.92 Å². The third-order valence-corrected chi connectivity index (χ3v) is 6.80. The zero-order valence-electron chi connectivity index (χ0n) is 18.0. The minimum absolute atomic E-state index is 0.184. The minimum Gasteiger partial charge on any atom is -0.492 e. The minimum atomic E-state index is -1.21. The fourth-order valence-corrected chi connectivity index (χ4v) is 5.23. The lowest BCUT2D eigenvalue weighted by Crippen LogP contribution is -2.40. The Hall–Kier alpha value is -2.74. The van der Waals surface area contributed by atoms with E-state index in [0.29, 0.717) is 41.0 Å². The van der Waals surface area contributed by atoms with Crippen molar-refractivity contribution in [1.82, 2.24) is 9.88 Å². The van der Waals surface area contributed by atoms with Crippen molar-refractivity contribution in [3.63, 3.8) is 0 Å². The zero-order valence-corrected chi connectivity index (χ0v) is 18.0. The summed E-state index contributed by atoms with van der Waals surface area (Å²) in [5.74, 6) is 0.536. The van der Waals surface area contributed by atoms with E-state index in [-0.39, 0.29) is 11.6 Å². The second-order valence-electron chi connectivity index (χ2n) is 8.77. The summed E-state index contributed by atoms with van der Waals surface area (Å²) >= 11 is 0. The number of rotatable bonds is 6. The molecular formula is C23H29N3O5. The van der Waals surface area contributed by atoms with Gasteiger partial charge in [-0.3, -0.25) is 4.79 Å². The third-order valence-electron chi connectivity index (χ3n) is 6.80. The monoisotopic (exact) mass is 427 g/mol. The Morgan fingerprint density at radius 3 is 2.74 bits per heavy atom. The van der Waals surface area contributed by atoms with Crippen molar-refractivity contribution >= 4 is 22.6 Å². The van der Waals surface area contributed by atoms with Crippen molar-refractivity contribution < 1.29 is 19.4 Å². The molecule has 1 aromatic heterocycles. The normalized spacial score (nSPS) is 23.1. The molecule has 2 saturated heterocycles. The number of fused-ring (bicyclic) bond motifs is 2. The molecule has 1 aromatic carbocycles. The number of benzene rings is 1. The summed E-state index contributed by atoms with van der Waals surface area (Å²) in [6.07, 6.45) is 5.79. The first kappa shape index (κ1) is 20.2. The number of piperidine rings is 1. The predicted octanol–water partition coefficient (Wildman–Crippen LogP) is 2.63. The lowest BCUT2D eigenvalue weighted by Gasteiger charge is -2.26. The van der Waals surface area contributed by atoms with Gasteiger partial charge in [0.25, 0.3) is 0 Å². The maximum atomic E-state index is 13.1. The Balaban J connectivity index is 1.76. The van der Waals surface area contributed by atoms with Crippen molar-refractivity contribution in [1.29, 1.82) is 0 Å². The molecule has 3 fully saturated rings. The molecule has 2 atom stereocenters. The average Bonchev–Trinajstić information content (AvgIpc) is 3.51. The lowest BCUT2D eigenvalue weighted by atomic mass is 9.94. The number of carboxylic acid groups (broad SMARTS) is 1. The number of anilines is 1. The quantitative estimate of drug-likeness (QED) is 0.732. The van der Waals surface area contributed by atoms with Crippen LogP contribution in [0.15, 0.2) is 17.1 Å². The molecule has 8 nitrogen and oxygen atoms in total. The van der Waals surface area contributed by atoms with Crippen LogP contribution in [0.25, 0.3) is 10.9 Å². The first-order valence-corrected chi connectivity index (χ1v) is 11.2. The summed E-state index contributed by atoms with van der Waals surface area (Å²) in [4.78, 5) is 27.2. The van der Waals surface area contributed by atoms with Crippen LogP contribution in [0.3, 0.4) is 0 Å². The van der Waals surface area contributed by atoms with E-state index >= 15 is 0 Å². The number of carboxylic acids is 1. The van der Waals surface area contributed by atoms with Crippen LogP contribution in [-0.2, 0) is 0 Å². The zero-order chi connectivity index (χ0) is 21.7. The number of ether oxygens (including phenoxy) is 2. The molecule has 0 bridgehead atoms. The molecule has 2 aliphatic heterocycles. The number of aromatic carboxylic acids is 1. The summed E-state index contributed by atoms with van der Waals surface area (Å²) in [6.45, 7) is 5.15. The van der Waals surface area contributed by atoms with Gasteiger partial charge >= 0.3 is 5.97 Å². The summed E-state index contributed by atoms with van der Waals surface area (Å²) < 4.78 is 13.9. The molecule has 0 spiro atoms. The van der Waals surface area contributed by atoms with Gasteiger partial charge in [-0.05, 0) is 51.1 Å². The number of hydrogen-bond acceptors (Lipinski definition) is 6. The predicted molar refractivity (Wildman–Crippen MR) is 118 cm³/mol. The second kappa shape index (κ2) is 7.75. The number of carbonyl (C=O) groups is 1. The van der Waals surface area contributed by atoms with Crippen LogP contribution in [0.5, 0.6) is 11.5 Å². The van der Waals surface area contributed by atoms with Gasteiger partial charge < -0.3 is 29.4 Å². The highest BCUT2D eigenvalue weighted by molar-refractivity contribution is 5.99. The van der Waals surface area contributed by atoms with Gasteiger partial charge in [-0.2, -0.15) is 0 Å². The molecule has 8 heteroatoms. The van der Waals surface area contributed by atoms with Crippen LogP contribution in [0.4, 0.5) is 5.69 Å². The largest absolute Gasteiger partial charge is 0.492 e. The number of hydrogen-bond donors (Lipinski definition) is 2. The van der Waals surface area contributed by atoms with Gasteiger partial charge in [0.15, 0.2) is 5.75 Å². The van der Waals surface area contributed by atoms with Gasteiger partial charge in [0.1, 0.15) is 17.0 Å². The maximum absolute atomic E-state index is 13.1. The molecule has 31 heavy (non-hydrogen) atoms. The summed E-state index contributed by atoms with van der Waals surface area (Å²) in [5, 5.41) is 13.6. The van der Waals surface area contributed by atoms with Crippen molar-refractivity contribution in [2.75, 3.05) is 38.3 Å². The third kappa shape index (κ3) is 3.33. The van der Waals surface area contributed by atoms with Crippen LogP contribution in [0.1, 0.15) is 49.0 Å². The van der Waals surface area contributed by atoms with E-state index in [1.165, 1.54) is 19.0 Å². The van der Waals surface area contributed by atoms with E-state index in [2.05, 4.69) is 10.2 Å². The molecule has 2 N–H and O–H groups in total. The molecule has 1 saturated carbocycles. The van der Waals surface area contributed by atoms with Gasteiger partial charge in [0.2, 0.25) is 5.43 Å². The highest BCUT2D eigenvalue weighted by Gasteiger charge is 2.38. The molecule has 5 rings (SSSR count). The van der Waals surface area contributed by atoms with Gasteiger partial charge in [-0.1, -0.05) is 0 Å². The maximum Gasteiger partial charge on any atom is 0.341 e. The molecule has 0 unspecified atom stereocenters. The Bertz CT molecular complexity index is 1080. The van der Waals surface area contributed by atoms with E-state index in [1.54, 1.807) is 13.2 Å². The molecule has 3 aliphatic rings. The van der Waals surface area contributed by atoms with Crippen LogP contribution in [-0.4, -0.2) is 55.0 Å². The molecule has 3 heterocycles. The van der Waals surface area contributed by atoms with E-state index in [1.807, 2.05) is 11.5 Å². The van der Waals surface area contributed by atoms with Gasteiger partial charge in [-0.25, -0.2) is 4.79 Å². The Morgan fingerprint density at radius 2 is 2.10 bits per heavy atom. The summed E-state index contributed by atoms with van der Waals surface area (Å²) in [7, 11) is 1.61. The van der Waals surface area contributed by atoms with Crippen molar-refractivity contribution in [3.05, 3.63) is 28.0 Å². The highest BCUT2D eigenvalue weighted by atomic mass is 16.5. The van der Waals surface area contributed by atoms with E-state index in [4.69, 9.17) is 9.47 Å². The molecular weight excluding hydrogens is 398 g/mol. The molecule has 1 aliphatic carbocycles. The Morgan fingerprint density at radius 1 is 1.29 bits per heavy atom. The van der Waals surface area contributed by atoms with E-state index < -0.39 is 11.4 Å². The first-order chi connectivity index (χ1) is 15.0. The van der Waals surface area contributed by atoms with Crippen molar-refractivity contribution in [2.24, 2.45) is 5.92 Å². The van der Waals surface area contributed by atoms with Crippen LogP contribution < -0.4 is 25.1 Å². The number of pyridine rings is 1. The molecule has 166 valence electrons.